The second kappa shape index (κ2) is 8.13. The fourth-order valence-electron chi connectivity index (χ4n) is 4.28. The Labute approximate surface area is 187 Å². The van der Waals surface area contributed by atoms with Gasteiger partial charge in [0, 0.05) is 43.5 Å². The summed E-state index contributed by atoms with van der Waals surface area (Å²) in [6.45, 7) is 5.35. The number of fused-ring (bicyclic) bond motifs is 1. The number of carbonyl (C=O) groups excluding carboxylic acids is 1. The summed E-state index contributed by atoms with van der Waals surface area (Å²) in [6, 6.07) is 17.3. The Morgan fingerprint density at radius 2 is 1.66 bits per heavy atom. The third kappa shape index (κ3) is 3.74. The van der Waals surface area contributed by atoms with Crippen LogP contribution in [0.2, 0.25) is 0 Å². The van der Waals surface area contributed by atoms with Crippen molar-refractivity contribution in [2.75, 3.05) is 33.2 Å². The zero-order chi connectivity index (χ0) is 22.2. The van der Waals surface area contributed by atoms with Gasteiger partial charge < -0.3 is 14.9 Å². The van der Waals surface area contributed by atoms with Gasteiger partial charge in [-0.25, -0.2) is 4.98 Å². The summed E-state index contributed by atoms with van der Waals surface area (Å²) in [4.78, 5) is 21.5. The lowest BCUT2D eigenvalue weighted by Crippen LogP contribution is -2.47. The fraction of sp³-hybridized carbons (Fsp3) is 0.231. The number of benzene rings is 2. The molecule has 3 heterocycles. The number of hydrogen-bond acceptors (Lipinski definition) is 4. The van der Waals surface area contributed by atoms with Crippen molar-refractivity contribution in [2.24, 2.45) is 0 Å². The number of amides is 1. The molecule has 1 N–H and O–H groups in total. The number of likely N-dealkylation sites (N-methyl/N-ethyl adjacent to an activating group) is 1. The van der Waals surface area contributed by atoms with Crippen LogP contribution in [0.15, 0.2) is 67.0 Å². The number of phenols is 1. The van der Waals surface area contributed by atoms with Crippen molar-refractivity contribution < 1.29 is 9.90 Å². The number of carbonyl (C=O) groups is 1. The minimum absolute atomic E-state index is 0.0970. The van der Waals surface area contributed by atoms with Gasteiger partial charge >= 0.3 is 0 Å². The third-order valence-corrected chi connectivity index (χ3v) is 6.25. The first-order valence-corrected chi connectivity index (χ1v) is 10.8. The molecule has 32 heavy (non-hydrogen) atoms. The molecule has 2 aromatic heterocycles. The van der Waals surface area contributed by atoms with E-state index in [9.17, 15) is 9.90 Å². The van der Waals surface area contributed by atoms with Crippen molar-refractivity contribution in [3.05, 3.63) is 78.1 Å². The molecule has 0 atom stereocenters. The Hall–Kier alpha value is -3.64. The maximum atomic E-state index is 12.8. The van der Waals surface area contributed by atoms with E-state index in [1.165, 1.54) is 0 Å². The fourth-order valence-corrected chi connectivity index (χ4v) is 4.28. The van der Waals surface area contributed by atoms with E-state index in [0.29, 0.717) is 0 Å². The van der Waals surface area contributed by atoms with Crippen molar-refractivity contribution in [1.82, 2.24) is 19.2 Å². The third-order valence-electron chi connectivity index (χ3n) is 6.25. The van der Waals surface area contributed by atoms with Crippen LogP contribution < -0.4 is 0 Å². The predicted molar refractivity (Wildman–Crippen MR) is 126 cm³/mol. The first-order chi connectivity index (χ1) is 15.5. The van der Waals surface area contributed by atoms with Gasteiger partial charge in [-0.15, -0.1) is 0 Å². The summed E-state index contributed by atoms with van der Waals surface area (Å²) in [5.74, 6) is 0.353. The zero-order valence-electron chi connectivity index (χ0n) is 18.3. The Balaban J connectivity index is 1.44. The number of aryl methyl sites for hydroxylation is 1. The maximum Gasteiger partial charge on any atom is 0.253 e. The number of phenolic OH excluding ortho intramolecular Hbond substituents is 1. The van der Waals surface area contributed by atoms with Crippen LogP contribution in [0.4, 0.5) is 0 Å². The molecule has 1 aliphatic rings. The first-order valence-electron chi connectivity index (χ1n) is 10.8. The second-order valence-electron chi connectivity index (χ2n) is 8.46. The average Bonchev–Trinajstić information content (AvgIpc) is 3.22. The number of nitrogens with zero attached hydrogens (tertiary/aromatic N) is 4. The van der Waals surface area contributed by atoms with Gasteiger partial charge in [0.25, 0.3) is 5.91 Å². The van der Waals surface area contributed by atoms with Crippen molar-refractivity contribution in [3.63, 3.8) is 0 Å². The highest BCUT2D eigenvalue weighted by Gasteiger charge is 2.20. The summed E-state index contributed by atoms with van der Waals surface area (Å²) in [5.41, 5.74) is 6.67. The molecule has 0 aliphatic carbocycles. The topological polar surface area (TPSA) is 61.1 Å². The quantitative estimate of drug-likeness (QED) is 0.537. The molecule has 162 valence electrons. The van der Waals surface area contributed by atoms with Crippen molar-refractivity contribution in [3.8, 4) is 28.1 Å². The van der Waals surface area contributed by atoms with E-state index < -0.39 is 0 Å². The highest BCUT2D eigenvalue weighted by atomic mass is 16.3. The lowest BCUT2D eigenvalue weighted by molar-refractivity contribution is 0.0664. The lowest BCUT2D eigenvalue weighted by Gasteiger charge is -2.32. The van der Waals surface area contributed by atoms with Crippen LogP contribution in [-0.2, 0) is 0 Å². The molecule has 6 nitrogen and oxygen atoms in total. The minimum atomic E-state index is 0.0970. The predicted octanol–water partition coefficient (Wildman–Crippen LogP) is 4.07. The Kier molecular flexibility index (Phi) is 5.15. The van der Waals surface area contributed by atoms with Gasteiger partial charge in [-0.1, -0.05) is 12.1 Å². The number of rotatable bonds is 3. The first kappa shape index (κ1) is 20.3. The highest BCUT2D eigenvalue weighted by Crippen LogP contribution is 2.29. The lowest BCUT2D eigenvalue weighted by atomic mass is 10.0. The van der Waals surface area contributed by atoms with Gasteiger partial charge in [0.1, 0.15) is 11.4 Å². The van der Waals surface area contributed by atoms with E-state index in [4.69, 9.17) is 0 Å². The van der Waals surface area contributed by atoms with Gasteiger partial charge in [0.15, 0.2) is 0 Å². The molecule has 2 aromatic carbocycles. The molecule has 1 saturated heterocycles. The Morgan fingerprint density at radius 3 is 2.38 bits per heavy atom. The van der Waals surface area contributed by atoms with Crippen molar-refractivity contribution in [2.45, 2.75) is 6.92 Å². The van der Waals surface area contributed by atoms with Gasteiger partial charge in [-0.05, 0) is 73.1 Å². The van der Waals surface area contributed by atoms with E-state index in [0.717, 1.165) is 65.3 Å². The molecule has 1 aliphatic heterocycles. The number of hydrogen-bond donors (Lipinski definition) is 1. The molecule has 6 heteroatoms. The molecule has 4 aromatic rings. The summed E-state index contributed by atoms with van der Waals surface area (Å²) in [6.07, 6.45) is 3.93. The number of piperazine rings is 1. The molecular weight excluding hydrogens is 400 g/mol. The Morgan fingerprint density at radius 1 is 0.938 bits per heavy atom. The van der Waals surface area contributed by atoms with Crippen LogP contribution >= 0.6 is 0 Å². The van der Waals surface area contributed by atoms with Crippen LogP contribution in [0.25, 0.3) is 28.0 Å². The molecule has 0 spiro atoms. The van der Waals surface area contributed by atoms with Gasteiger partial charge in [-0.3, -0.25) is 9.20 Å². The van der Waals surface area contributed by atoms with E-state index in [-0.39, 0.29) is 11.7 Å². The van der Waals surface area contributed by atoms with E-state index in [1.807, 2.05) is 60.5 Å². The normalized spacial score (nSPS) is 14.8. The number of pyridine rings is 1. The molecule has 5 rings (SSSR count). The minimum Gasteiger partial charge on any atom is -0.508 e. The molecule has 1 fully saturated rings. The number of aromatic hydroxyl groups is 1. The molecule has 0 saturated carbocycles. The largest absolute Gasteiger partial charge is 0.508 e. The second-order valence-corrected chi connectivity index (χ2v) is 8.46. The summed E-state index contributed by atoms with van der Waals surface area (Å²) in [7, 11) is 2.09. The van der Waals surface area contributed by atoms with Crippen LogP contribution in [0.1, 0.15) is 15.9 Å². The summed E-state index contributed by atoms with van der Waals surface area (Å²) >= 11 is 0. The monoisotopic (exact) mass is 426 g/mol. The smallest absolute Gasteiger partial charge is 0.253 e. The van der Waals surface area contributed by atoms with E-state index in [2.05, 4.69) is 27.5 Å². The SMILES string of the molecule is Cc1cc(O)ccc1-c1cnc2ccc(-c3ccc(C(=O)N4CCN(C)CC4)cc3)cn12. The average molecular weight is 427 g/mol. The molecule has 1 amide bonds. The van der Waals surface area contributed by atoms with Crippen LogP contribution in [0.5, 0.6) is 5.75 Å². The van der Waals surface area contributed by atoms with E-state index in [1.54, 1.807) is 12.1 Å². The van der Waals surface area contributed by atoms with Gasteiger partial charge in [-0.2, -0.15) is 0 Å². The maximum absolute atomic E-state index is 12.8. The number of imidazole rings is 1. The standard InChI is InChI=1S/C26H26N4O2/c1-18-15-22(31)8-9-23(18)24-16-27-25-10-7-21(17-30(24)25)19-3-5-20(6-4-19)26(32)29-13-11-28(2)12-14-29/h3-10,15-17,31H,11-14H2,1-2H3. The molecule has 0 bridgehead atoms. The van der Waals surface area contributed by atoms with Crippen LogP contribution in [0.3, 0.4) is 0 Å². The molecule has 0 unspecified atom stereocenters. The highest BCUT2D eigenvalue weighted by molar-refractivity contribution is 5.94. The summed E-state index contributed by atoms with van der Waals surface area (Å²) in [5, 5.41) is 9.75. The van der Waals surface area contributed by atoms with Gasteiger partial charge in [0.2, 0.25) is 0 Å². The van der Waals surface area contributed by atoms with Crippen molar-refractivity contribution in [1.29, 1.82) is 0 Å². The number of aromatic nitrogens is 2. The van der Waals surface area contributed by atoms with Crippen molar-refractivity contribution >= 4 is 11.6 Å². The van der Waals surface area contributed by atoms with Crippen LogP contribution in [0, 0.1) is 6.92 Å². The zero-order valence-corrected chi connectivity index (χ0v) is 18.3. The molecule has 0 radical (unpaired) electrons. The summed E-state index contributed by atoms with van der Waals surface area (Å²) < 4.78 is 2.07. The Bertz CT molecular complexity index is 1290. The van der Waals surface area contributed by atoms with Gasteiger partial charge in [0.05, 0.1) is 11.9 Å². The molecular formula is C26H26N4O2. The van der Waals surface area contributed by atoms with E-state index >= 15 is 0 Å². The van der Waals surface area contributed by atoms with Crippen LogP contribution in [-0.4, -0.2) is 63.4 Å².